The van der Waals surface area contributed by atoms with Crippen LogP contribution in [0.1, 0.15) is 94.5 Å². The van der Waals surface area contributed by atoms with Crippen LogP contribution in [-0.4, -0.2) is 93.6 Å². The largest absolute Gasteiger partial charge is 0.456 e. The molecule has 55 heavy (non-hydrogen) atoms. The van der Waals surface area contributed by atoms with Crippen molar-refractivity contribution in [3.8, 4) is 22.4 Å². The van der Waals surface area contributed by atoms with Gasteiger partial charge < -0.3 is 29.4 Å². The number of methoxy groups -OCH3 is 1. The molecule has 1 saturated carbocycles. The second-order valence-electron chi connectivity index (χ2n) is 16.2. The summed E-state index contributed by atoms with van der Waals surface area (Å²) in [5.41, 5.74) is 5.95. The summed E-state index contributed by atoms with van der Waals surface area (Å²) in [7, 11) is 1.27. The van der Waals surface area contributed by atoms with Crippen LogP contribution in [0.2, 0.25) is 0 Å². The molecular formula is C42H53N5O8. The number of aryl methyl sites for hydroxylation is 2. The highest BCUT2D eigenvalue weighted by Crippen LogP contribution is 2.43. The molecule has 0 unspecified atom stereocenters. The highest BCUT2D eigenvalue weighted by atomic mass is 16.6. The van der Waals surface area contributed by atoms with Crippen molar-refractivity contribution in [2.45, 2.75) is 110 Å². The smallest absolute Gasteiger partial charge is 0.411 e. The molecule has 2 N–H and O–H groups in total. The topological polar surface area (TPSA) is 160 Å². The van der Waals surface area contributed by atoms with Crippen molar-refractivity contribution in [1.29, 1.82) is 0 Å². The van der Waals surface area contributed by atoms with Gasteiger partial charge in [-0.25, -0.2) is 19.4 Å². The monoisotopic (exact) mass is 755 g/mol. The molecule has 13 nitrogen and oxygen atoms in total. The molecule has 0 spiro atoms. The first kappa shape index (κ1) is 39.5. The molecule has 3 aliphatic rings. The van der Waals surface area contributed by atoms with E-state index in [1.54, 1.807) is 37.9 Å². The van der Waals surface area contributed by atoms with E-state index in [1.165, 1.54) is 17.6 Å². The molecule has 3 amide bonds. The quantitative estimate of drug-likeness (QED) is 0.120. The Morgan fingerprint density at radius 1 is 1.02 bits per heavy atom. The van der Waals surface area contributed by atoms with Gasteiger partial charge >= 0.3 is 18.2 Å². The van der Waals surface area contributed by atoms with Crippen molar-refractivity contribution in [2.75, 3.05) is 20.3 Å². The number of likely N-dealkylation sites (tertiary alicyclic amines) is 1. The highest BCUT2D eigenvalue weighted by Gasteiger charge is 2.53. The Hall–Kier alpha value is -5.20. The molecule has 3 aromatic rings. The maximum atomic E-state index is 13.5. The Bertz CT molecular complexity index is 1950. The van der Waals surface area contributed by atoms with E-state index in [9.17, 15) is 24.0 Å². The molecule has 1 saturated heterocycles. The van der Waals surface area contributed by atoms with E-state index in [1.807, 2.05) is 39.0 Å². The van der Waals surface area contributed by atoms with Crippen LogP contribution in [0.5, 0.6) is 0 Å². The van der Waals surface area contributed by atoms with Crippen LogP contribution < -0.4 is 5.32 Å². The van der Waals surface area contributed by atoms with Gasteiger partial charge in [0, 0.05) is 18.2 Å². The van der Waals surface area contributed by atoms with Gasteiger partial charge in [0.2, 0.25) is 5.91 Å². The Kier molecular flexibility index (Phi) is 11.7. The Balaban J connectivity index is 1.10. The average Bonchev–Trinajstić information content (AvgIpc) is 3.91. The van der Waals surface area contributed by atoms with Crippen molar-refractivity contribution in [3.63, 3.8) is 0 Å². The van der Waals surface area contributed by atoms with Crippen LogP contribution in [0.15, 0.2) is 42.6 Å². The Labute approximate surface area is 322 Å². The zero-order valence-corrected chi connectivity index (χ0v) is 32.9. The molecule has 2 aromatic carbocycles. The Morgan fingerprint density at radius 2 is 1.73 bits per heavy atom. The second-order valence-corrected chi connectivity index (χ2v) is 16.2. The fourth-order valence-electron chi connectivity index (χ4n) is 8.11. The lowest BCUT2D eigenvalue weighted by Crippen LogP contribution is -2.51. The van der Waals surface area contributed by atoms with E-state index in [2.05, 4.69) is 27.4 Å². The number of imidazole rings is 1. The van der Waals surface area contributed by atoms with E-state index < -0.39 is 42.4 Å². The van der Waals surface area contributed by atoms with Crippen LogP contribution >= 0.6 is 0 Å². The van der Waals surface area contributed by atoms with Crippen molar-refractivity contribution in [2.24, 2.45) is 11.8 Å². The van der Waals surface area contributed by atoms with Crippen LogP contribution in [-0.2, 0) is 43.2 Å². The Morgan fingerprint density at radius 3 is 2.40 bits per heavy atom. The number of H-pyrrole nitrogens is 1. The number of hydrogen-bond acceptors (Lipinski definition) is 9. The summed E-state index contributed by atoms with van der Waals surface area (Å²) in [6.45, 7) is 11.5. The van der Waals surface area contributed by atoms with E-state index in [0.29, 0.717) is 17.9 Å². The number of esters is 1. The highest BCUT2D eigenvalue weighted by molar-refractivity contribution is 5.99. The first-order valence-corrected chi connectivity index (χ1v) is 19.3. The number of piperidine rings is 1. The third-order valence-corrected chi connectivity index (χ3v) is 10.7. The molecule has 2 heterocycles. The number of nitrogens with zero attached hydrogens (tertiary/aromatic N) is 3. The van der Waals surface area contributed by atoms with Gasteiger partial charge in [-0.3, -0.25) is 14.5 Å². The maximum absolute atomic E-state index is 13.5. The van der Waals surface area contributed by atoms with Gasteiger partial charge in [0.25, 0.3) is 0 Å². The number of nitrogens with one attached hydrogen (secondary N) is 2. The minimum atomic E-state index is -0.737. The van der Waals surface area contributed by atoms with Gasteiger partial charge in [-0.2, -0.15) is 0 Å². The lowest BCUT2D eigenvalue weighted by atomic mass is 9.83. The molecule has 4 atom stereocenters. The minimum Gasteiger partial charge on any atom is -0.456 e. The summed E-state index contributed by atoms with van der Waals surface area (Å²) in [6, 6.07) is 10.4. The lowest BCUT2D eigenvalue weighted by molar-refractivity contribution is -0.150. The number of amides is 3. The van der Waals surface area contributed by atoms with Gasteiger partial charge in [0.15, 0.2) is 12.4 Å². The molecule has 13 heteroatoms. The molecule has 0 radical (unpaired) electrons. The lowest BCUT2D eigenvalue weighted by Gasteiger charge is -2.35. The van der Waals surface area contributed by atoms with Crippen molar-refractivity contribution in [3.05, 3.63) is 65.1 Å². The molecule has 1 aromatic heterocycles. The summed E-state index contributed by atoms with van der Waals surface area (Å²) in [5.74, 6) is -0.532. The van der Waals surface area contributed by atoms with Gasteiger partial charge in [-0.15, -0.1) is 0 Å². The number of hydrogen-bond donors (Lipinski definition) is 2. The third kappa shape index (κ3) is 8.71. The predicted octanol–water partition coefficient (Wildman–Crippen LogP) is 6.48. The third-order valence-electron chi connectivity index (χ3n) is 10.7. The van der Waals surface area contributed by atoms with E-state index in [0.717, 1.165) is 66.5 Å². The average molecular weight is 756 g/mol. The normalized spacial score (nSPS) is 19.0. The molecule has 6 rings (SSSR count). The van der Waals surface area contributed by atoms with Crippen LogP contribution in [0.4, 0.5) is 9.59 Å². The molecule has 1 aliphatic heterocycles. The summed E-state index contributed by atoms with van der Waals surface area (Å²) in [4.78, 5) is 76.2. The number of rotatable bonds is 12. The van der Waals surface area contributed by atoms with Crippen molar-refractivity contribution >= 4 is 29.8 Å². The zero-order chi connectivity index (χ0) is 39.6. The predicted molar refractivity (Wildman–Crippen MR) is 205 cm³/mol. The van der Waals surface area contributed by atoms with Crippen LogP contribution in [0.3, 0.4) is 0 Å². The second kappa shape index (κ2) is 16.3. The summed E-state index contributed by atoms with van der Waals surface area (Å²) >= 11 is 0. The number of carbonyl (C=O) groups excluding carboxylic acids is 5. The molecule has 2 aliphatic carbocycles. The van der Waals surface area contributed by atoms with E-state index >= 15 is 0 Å². The number of ether oxygens (including phenoxy) is 3. The SMILES string of the molecule is CCCN(Cc1ncc(-c2ccc3c(c2)CCc2cc(C(=O)COC(=O)[C@@H]4[C@H]5CC[C@H](C5)N4C(=O)OC(C)(C)C)ccc2-3)[nH]1)C(=O)[C@@H](NC(=O)OC)C(C)C. The number of benzene rings is 2. The van der Waals surface area contributed by atoms with Crippen molar-refractivity contribution in [1.82, 2.24) is 25.1 Å². The number of ketones is 1. The summed E-state index contributed by atoms with van der Waals surface area (Å²) in [6.07, 6.45) is 5.27. The number of alkyl carbamates (subject to hydrolysis) is 1. The first-order chi connectivity index (χ1) is 26.2. The fourth-order valence-corrected chi connectivity index (χ4v) is 8.11. The van der Waals surface area contributed by atoms with Gasteiger partial charge in [-0.1, -0.05) is 45.0 Å². The summed E-state index contributed by atoms with van der Waals surface area (Å²) < 4.78 is 15.9. The number of aromatic nitrogens is 2. The van der Waals surface area contributed by atoms with Gasteiger partial charge in [-0.05, 0) is 111 Å². The maximum Gasteiger partial charge on any atom is 0.411 e. The standard InChI is InChI=1S/C42H53N5O8/c1-8-17-46(38(49)36(24(2)3)45-40(51)53-7)22-35-43-21-33(44-35)27-12-15-31-25(18-27)9-10-26-19-28(13-16-32(26)31)34(48)23-54-39(50)37-29-11-14-30(20-29)47(37)41(52)55-42(4,5)6/h12-13,15-16,18-19,21,24,29-30,36-37H,8-11,14,17,20,22-23H2,1-7H3,(H,43,44)(H,45,51)/t29-,30+,36-,37-/m0/s1. The van der Waals surface area contributed by atoms with E-state index in [-0.39, 0.29) is 36.1 Å². The summed E-state index contributed by atoms with van der Waals surface area (Å²) in [5, 5.41) is 2.67. The first-order valence-electron chi connectivity index (χ1n) is 19.3. The number of Topliss-reactive ketones (excluding diaryl/α,β-unsaturated/α-hetero) is 1. The van der Waals surface area contributed by atoms with Crippen molar-refractivity contribution < 1.29 is 38.2 Å². The van der Waals surface area contributed by atoms with Gasteiger partial charge in [0.05, 0.1) is 25.5 Å². The fraction of sp³-hybridized carbons (Fsp3) is 0.524. The van der Waals surface area contributed by atoms with E-state index in [4.69, 9.17) is 14.2 Å². The van der Waals surface area contributed by atoms with Gasteiger partial charge in [0.1, 0.15) is 23.5 Å². The molecule has 294 valence electrons. The number of carbonyl (C=O) groups is 5. The van der Waals surface area contributed by atoms with Crippen LogP contribution in [0, 0.1) is 11.8 Å². The zero-order valence-electron chi connectivity index (χ0n) is 32.9. The molecule has 2 bridgehead atoms. The number of fused-ring (bicyclic) bond motifs is 5. The number of aromatic amines is 1. The minimum absolute atomic E-state index is 0.00689. The van der Waals surface area contributed by atoms with Crippen LogP contribution in [0.25, 0.3) is 22.4 Å². The molecular weight excluding hydrogens is 702 g/mol. The molecule has 2 fully saturated rings.